The second-order valence-electron chi connectivity index (χ2n) is 10.8. The van der Waals surface area contributed by atoms with E-state index in [0.717, 1.165) is 48.0 Å². The number of benzene rings is 3. The van der Waals surface area contributed by atoms with Crippen LogP contribution in [0.15, 0.2) is 66.7 Å². The number of amides is 4. The molecule has 0 aliphatic carbocycles. The van der Waals surface area contributed by atoms with Crippen molar-refractivity contribution >= 4 is 28.5 Å². The van der Waals surface area contributed by atoms with E-state index in [2.05, 4.69) is 22.5 Å². The third-order valence-corrected chi connectivity index (χ3v) is 7.76. The van der Waals surface area contributed by atoms with Gasteiger partial charge in [0.05, 0.1) is 5.69 Å². The Labute approximate surface area is 243 Å². The lowest BCUT2D eigenvalue weighted by molar-refractivity contribution is 0.134. The van der Waals surface area contributed by atoms with Crippen molar-refractivity contribution in [2.75, 3.05) is 51.1 Å². The van der Waals surface area contributed by atoms with Gasteiger partial charge >= 0.3 is 12.1 Å². The van der Waals surface area contributed by atoms with Gasteiger partial charge in [-0.05, 0) is 35.6 Å². The third kappa shape index (κ3) is 9.46. The number of halogens is 1. The summed E-state index contributed by atoms with van der Waals surface area (Å²) in [5.74, 6) is -0.282. The van der Waals surface area contributed by atoms with Crippen molar-refractivity contribution < 1.29 is 14.0 Å². The first kappa shape index (κ1) is 30.3. The molecule has 2 N–H and O–H groups in total. The molecule has 1 aliphatic rings. The number of hydrogen-bond donors (Lipinski definition) is 2. The first-order valence-corrected chi connectivity index (χ1v) is 15.1. The highest BCUT2D eigenvalue weighted by Crippen LogP contribution is 2.23. The van der Waals surface area contributed by atoms with Gasteiger partial charge < -0.3 is 20.4 Å². The predicted octanol–water partition coefficient (Wildman–Crippen LogP) is 6.70. The quantitative estimate of drug-likeness (QED) is 0.228. The van der Waals surface area contributed by atoms with Crippen LogP contribution in [0.4, 0.5) is 19.7 Å². The Balaban J connectivity index is 1.25. The van der Waals surface area contributed by atoms with E-state index in [-0.39, 0.29) is 17.9 Å². The lowest BCUT2D eigenvalue weighted by Crippen LogP contribution is -2.52. The number of urea groups is 2. The molecule has 1 fully saturated rings. The van der Waals surface area contributed by atoms with Crippen LogP contribution in [-0.4, -0.2) is 72.6 Å². The second kappa shape index (κ2) is 16.0. The number of carbonyl (C=O) groups excluding carboxylic acids is 2. The zero-order valence-electron chi connectivity index (χ0n) is 24.3. The molecule has 41 heavy (non-hydrogen) atoms. The molecule has 4 rings (SSSR count). The van der Waals surface area contributed by atoms with Crippen LogP contribution < -0.4 is 10.6 Å². The Morgan fingerprint density at radius 1 is 0.854 bits per heavy atom. The van der Waals surface area contributed by atoms with E-state index in [1.54, 1.807) is 12.1 Å². The van der Waals surface area contributed by atoms with E-state index in [4.69, 9.17) is 0 Å². The number of carbonyl (C=O) groups is 2. The van der Waals surface area contributed by atoms with Gasteiger partial charge in [-0.3, -0.25) is 4.90 Å². The van der Waals surface area contributed by atoms with Crippen molar-refractivity contribution in [1.29, 1.82) is 0 Å². The Bertz CT molecular complexity index is 1240. The highest BCUT2D eigenvalue weighted by Gasteiger charge is 2.23. The van der Waals surface area contributed by atoms with Crippen LogP contribution in [0.25, 0.3) is 10.8 Å². The SMILES string of the molecule is CCCCCCCCNC(=O)N(CCN1CCN(C(=O)Nc2cccc3ccccc23)CC1)Cc1ccc(F)cc1. The number of nitrogens with zero attached hydrogens (tertiary/aromatic N) is 3. The number of anilines is 1. The van der Waals surface area contributed by atoms with E-state index < -0.39 is 0 Å². The fraction of sp³-hybridized carbons (Fsp3) is 0.455. The molecule has 0 saturated carbocycles. The standard InChI is InChI=1S/C33H44FN5O2/c1-2-3-4-5-6-9-19-35-32(40)39(26-27-15-17-29(34)18-16-27)25-22-37-20-23-38(24-21-37)33(41)36-31-14-10-12-28-11-7-8-13-30(28)31/h7-8,10-18H,2-6,9,19-26H2,1H3,(H,35,40)(H,36,41). The van der Waals surface area contributed by atoms with E-state index in [1.165, 1.54) is 37.8 Å². The minimum atomic E-state index is -0.282. The minimum Gasteiger partial charge on any atom is -0.338 e. The number of unbranched alkanes of at least 4 members (excludes halogenated alkanes) is 5. The van der Waals surface area contributed by atoms with E-state index in [1.807, 2.05) is 52.3 Å². The zero-order valence-corrected chi connectivity index (χ0v) is 24.3. The van der Waals surface area contributed by atoms with Gasteiger partial charge in [0.2, 0.25) is 0 Å². The number of fused-ring (bicyclic) bond motifs is 1. The monoisotopic (exact) mass is 561 g/mol. The molecule has 0 aromatic heterocycles. The van der Waals surface area contributed by atoms with Gasteiger partial charge in [-0.25, -0.2) is 14.0 Å². The molecule has 0 radical (unpaired) electrons. The fourth-order valence-corrected chi connectivity index (χ4v) is 5.24. The molecule has 0 bridgehead atoms. The molecular weight excluding hydrogens is 517 g/mol. The maximum Gasteiger partial charge on any atom is 0.321 e. The summed E-state index contributed by atoms with van der Waals surface area (Å²) in [5.41, 5.74) is 1.72. The van der Waals surface area contributed by atoms with E-state index in [9.17, 15) is 14.0 Å². The summed E-state index contributed by atoms with van der Waals surface area (Å²) in [6.07, 6.45) is 7.04. The summed E-state index contributed by atoms with van der Waals surface area (Å²) in [5, 5.41) is 8.29. The van der Waals surface area contributed by atoms with Crippen LogP contribution in [0.3, 0.4) is 0 Å². The van der Waals surface area contributed by atoms with Gasteiger partial charge in [-0.15, -0.1) is 0 Å². The molecule has 220 valence electrons. The average molecular weight is 562 g/mol. The van der Waals surface area contributed by atoms with Crippen molar-refractivity contribution in [3.8, 4) is 0 Å². The summed E-state index contributed by atoms with van der Waals surface area (Å²) in [6, 6.07) is 20.1. The molecule has 4 amide bonds. The van der Waals surface area contributed by atoms with Gasteiger partial charge in [0, 0.05) is 57.7 Å². The molecule has 7 nitrogen and oxygen atoms in total. The molecule has 0 unspecified atom stereocenters. The lowest BCUT2D eigenvalue weighted by Gasteiger charge is -2.36. The molecule has 0 atom stereocenters. The topological polar surface area (TPSA) is 67.9 Å². The molecule has 3 aromatic carbocycles. The Morgan fingerprint density at radius 3 is 2.34 bits per heavy atom. The van der Waals surface area contributed by atoms with Crippen molar-refractivity contribution in [2.45, 2.75) is 52.0 Å². The van der Waals surface area contributed by atoms with E-state index >= 15 is 0 Å². The van der Waals surface area contributed by atoms with Crippen molar-refractivity contribution in [3.05, 3.63) is 78.1 Å². The predicted molar refractivity (Wildman–Crippen MR) is 165 cm³/mol. The second-order valence-corrected chi connectivity index (χ2v) is 10.8. The maximum absolute atomic E-state index is 13.4. The van der Waals surface area contributed by atoms with Gasteiger partial charge in [0.1, 0.15) is 5.82 Å². The van der Waals surface area contributed by atoms with Crippen LogP contribution in [0.2, 0.25) is 0 Å². The number of hydrogen-bond acceptors (Lipinski definition) is 3. The third-order valence-electron chi connectivity index (χ3n) is 7.76. The molecular formula is C33H44FN5O2. The van der Waals surface area contributed by atoms with Crippen molar-refractivity contribution in [1.82, 2.24) is 20.0 Å². The minimum absolute atomic E-state index is 0.0871. The molecule has 1 aliphatic heterocycles. The maximum atomic E-state index is 13.4. The lowest BCUT2D eigenvalue weighted by atomic mass is 10.1. The average Bonchev–Trinajstić information content (AvgIpc) is 3.00. The van der Waals surface area contributed by atoms with Gasteiger partial charge in [0.25, 0.3) is 0 Å². The van der Waals surface area contributed by atoms with Crippen molar-refractivity contribution in [3.63, 3.8) is 0 Å². The normalized spacial score (nSPS) is 13.8. The molecule has 1 saturated heterocycles. The van der Waals surface area contributed by atoms with Crippen molar-refractivity contribution in [2.24, 2.45) is 0 Å². The molecule has 8 heteroatoms. The summed E-state index contributed by atoms with van der Waals surface area (Å²) < 4.78 is 13.4. The first-order valence-electron chi connectivity index (χ1n) is 15.1. The van der Waals surface area contributed by atoms with Crippen LogP contribution in [0.1, 0.15) is 51.0 Å². The number of piperazine rings is 1. The summed E-state index contributed by atoms with van der Waals surface area (Å²) >= 11 is 0. The summed E-state index contributed by atoms with van der Waals surface area (Å²) in [7, 11) is 0. The summed E-state index contributed by atoms with van der Waals surface area (Å²) in [4.78, 5) is 32.0. The van der Waals surface area contributed by atoms with Gasteiger partial charge in [-0.2, -0.15) is 0 Å². The number of nitrogens with one attached hydrogen (secondary N) is 2. The van der Waals surface area contributed by atoms with Gasteiger partial charge in [0.15, 0.2) is 0 Å². The Kier molecular flexibility index (Phi) is 11.8. The van der Waals surface area contributed by atoms with E-state index in [0.29, 0.717) is 39.3 Å². The number of rotatable bonds is 13. The smallest absolute Gasteiger partial charge is 0.321 e. The highest BCUT2D eigenvalue weighted by molar-refractivity contribution is 6.01. The molecule has 0 spiro atoms. The first-order chi connectivity index (χ1) is 20.0. The molecule has 3 aromatic rings. The van der Waals surface area contributed by atoms with Crippen LogP contribution in [-0.2, 0) is 6.54 Å². The molecule has 1 heterocycles. The Hall–Kier alpha value is -3.65. The Morgan fingerprint density at radius 2 is 1.56 bits per heavy atom. The largest absolute Gasteiger partial charge is 0.338 e. The highest BCUT2D eigenvalue weighted by atomic mass is 19.1. The summed E-state index contributed by atoms with van der Waals surface area (Å²) in [6.45, 7) is 7.30. The van der Waals surface area contributed by atoms with Gasteiger partial charge in [-0.1, -0.05) is 87.6 Å². The fourth-order valence-electron chi connectivity index (χ4n) is 5.24. The van der Waals surface area contributed by atoms with Crippen LogP contribution in [0.5, 0.6) is 0 Å². The van der Waals surface area contributed by atoms with Crippen LogP contribution >= 0.6 is 0 Å². The zero-order chi connectivity index (χ0) is 28.9. The van der Waals surface area contributed by atoms with Crippen LogP contribution in [0, 0.1) is 5.82 Å².